The Bertz CT molecular complexity index is 504. The molecule has 1 amide bonds. The van der Waals surface area contributed by atoms with Crippen LogP contribution in [0.25, 0.3) is 0 Å². The maximum absolute atomic E-state index is 12.8. The normalized spacial score (nSPS) is 36.3. The van der Waals surface area contributed by atoms with Crippen LogP contribution in [0.4, 0.5) is 0 Å². The summed E-state index contributed by atoms with van der Waals surface area (Å²) in [6, 6.07) is 0.110. The number of fused-ring (bicyclic) bond motifs is 2. The van der Waals surface area contributed by atoms with Crippen LogP contribution in [0, 0.1) is 17.8 Å². The zero-order valence-corrected chi connectivity index (χ0v) is 12.4. The lowest BCUT2D eigenvalue weighted by Gasteiger charge is -2.36. The third-order valence-corrected chi connectivity index (χ3v) is 5.98. The summed E-state index contributed by atoms with van der Waals surface area (Å²) in [6.07, 6.45) is 9.32. The number of carbonyl (C=O) groups excluding carboxylic acids is 1. The van der Waals surface area contributed by atoms with Crippen molar-refractivity contribution >= 4 is 5.91 Å². The highest BCUT2D eigenvalue weighted by atomic mass is 16.2. The number of likely N-dealkylation sites (tertiary alicyclic amines) is 1. The van der Waals surface area contributed by atoms with Crippen molar-refractivity contribution in [2.45, 2.75) is 44.1 Å². The molecule has 1 aromatic heterocycles. The van der Waals surface area contributed by atoms with E-state index >= 15 is 0 Å². The van der Waals surface area contributed by atoms with Crippen LogP contribution < -0.4 is 5.73 Å². The second-order valence-electron chi connectivity index (χ2n) is 7.01. The first-order chi connectivity index (χ1) is 10.2. The summed E-state index contributed by atoms with van der Waals surface area (Å²) in [5.74, 6) is 3.12. The number of amides is 1. The standard InChI is InChI=1S/C16H24N4O/c17-14-12-2-1-11(9-12)13(14)16(21)20-7-3-10(4-8-20)15-18-5-6-19-15/h5-6,10-14H,1-4,7-9,17H2,(H,18,19)/t11-,12+,13-,14+/m1/s1. The summed E-state index contributed by atoms with van der Waals surface area (Å²) in [5.41, 5.74) is 6.31. The van der Waals surface area contributed by atoms with Crippen molar-refractivity contribution in [3.63, 3.8) is 0 Å². The van der Waals surface area contributed by atoms with Crippen molar-refractivity contribution in [1.82, 2.24) is 14.9 Å². The van der Waals surface area contributed by atoms with Gasteiger partial charge in [0.2, 0.25) is 5.91 Å². The van der Waals surface area contributed by atoms with Crippen molar-refractivity contribution in [2.75, 3.05) is 13.1 Å². The molecule has 4 atom stereocenters. The minimum absolute atomic E-state index is 0.101. The number of H-pyrrole nitrogens is 1. The Balaban J connectivity index is 1.39. The van der Waals surface area contributed by atoms with Crippen LogP contribution >= 0.6 is 0 Å². The number of nitrogens with zero attached hydrogens (tertiary/aromatic N) is 2. The number of hydrogen-bond acceptors (Lipinski definition) is 3. The third kappa shape index (κ3) is 2.18. The summed E-state index contributed by atoms with van der Waals surface area (Å²) < 4.78 is 0. The second kappa shape index (κ2) is 5.13. The van der Waals surface area contributed by atoms with Gasteiger partial charge in [0.1, 0.15) is 5.82 Å². The molecule has 3 N–H and O–H groups in total. The number of hydrogen-bond donors (Lipinski definition) is 2. The number of rotatable bonds is 2. The molecule has 5 heteroatoms. The molecule has 0 unspecified atom stereocenters. The van der Waals surface area contributed by atoms with Gasteiger partial charge in [-0.3, -0.25) is 4.79 Å². The quantitative estimate of drug-likeness (QED) is 0.865. The summed E-state index contributed by atoms with van der Waals surface area (Å²) >= 11 is 0. The molecule has 4 rings (SSSR count). The van der Waals surface area contributed by atoms with Crippen LogP contribution in [0.1, 0.15) is 43.8 Å². The van der Waals surface area contributed by atoms with Crippen LogP contribution in [0.2, 0.25) is 0 Å². The molecule has 0 spiro atoms. The SMILES string of the molecule is N[C@H]1[C@H]2CC[C@H](C2)[C@H]1C(=O)N1CCC(c2ncc[nH]2)CC1. The predicted octanol–water partition coefficient (Wildman–Crippen LogP) is 1.49. The summed E-state index contributed by atoms with van der Waals surface area (Å²) in [5, 5.41) is 0. The number of piperidine rings is 1. The van der Waals surface area contributed by atoms with Gasteiger partial charge >= 0.3 is 0 Å². The van der Waals surface area contributed by atoms with E-state index in [2.05, 4.69) is 14.9 Å². The Morgan fingerprint density at radius 2 is 2.00 bits per heavy atom. The monoisotopic (exact) mass is 288 g/mol. The molecule has 2 saturated carbocycles. The van der Waals surface area contributed by atoms with Gasteiger partial charge in [-0.15, -0.1) is 0 Å². The lowest BCUT2D eigenvalue weighted by molar-refractivity contribution is -0.138. The van der Waals surface area contributed by atoms with Gasteiger partial charge in [-0.25, -0.2) is 4.98 Å². The Hall–Kier alpha value is -1.36. The number of nitrogens with one attached hydrogen (secondary N) is 1. The average molecular weight is 288 g/mol. The summed E-state index contributed by atoms with van der Waals surface area (Å²) in [7, 11) is 0. The highest BCUT2D eigenvalue weighted by Gasteiger charge is 2.50. The van der Waals surface area contributed by atoms with Gasteiger partial charge in [-0.05, 0) is 43.9 Å². The van der Waals surface area contributed by atoms with Crippen molar-refractivity contribution in [2.24, 2.45) is 23.5 Å². The number of imidazole rings is 1. The largest absolute Gasteiger partial charge is 0.348 e. The van der Waals surface area contributed by atoms with E-state index in [4.69, 9.17) is 5.73 Å². The van der Waals surface area contributed by atoms with Crippen molar-refractivity contribution < 1.29 is 4.79 Å². The lowest BCUT2D eigenvalue weighted by Crippen LogP contribution is -2.49. The van der Waals surface area contributed by atoms with Crippen molar-refractivity contribution in [3.05, 3.63) is 18.2 Å². The van der Waals surface area contributed by atoms with Crippen molar-refractivity contribution in [3.8, 4) is 0 Å². The molecular formula is C16H24N4O. The van der Waals surface area contributed by atoms with Gasteiger partial charge in [0.05, 0.1) is 5.92 Å². The molecule has 1 aliphatic heterocycles. The molecule has 2 bridgehead atoms. The zero-order chi connectivity index (χ0) is 14.4. The molecule has 0 aromatic carbocycles. The molecule has 21 heavy (non-hydrogen) atoms. The first kappa shape index (κ1) is 13.3. The van der Waals surface area contributed by atoms with Gasteiger partial charge in [0.25, 0.3) is 0 Å². The highest BCUT2D eigenvalue weighted by Crippen LogP contribution is 2.48. The van der Waals surface area contributed by atoms with E-state index in [9.17, 15) is 4.79 Å². The molecule has 1 saturated heterocycles. The maximum Gasteiger partial charge on any atom is 0.227 e. The molecule has 1 aromatic rings. The minimum Gasteiger partial charge on any atom is -0.348 e. The number of aromatic nitrogens is 2. The molecule has 3 fully saturated rings. The number of aromatic amines is 1. The molecule has 3 aliphatic rings. The first-order valence-corrected chi connectivity index (χ1v) is 8.27. The molecule has 0 radical (unpaired) electrons. The van der Waals surface area contributed by atoms with E-state index in [0.29, 0.717) is 23.7 Å². The summed E-state index contributed by atoms with van der Waals surface area (Å²) in [4.78, 5) is 22.4. The Morgan fingerprint density at radius 1 is 1.24 bits per heavy atom. The lowest BCUT2D eigenvalue weighted by atomic mass is 9.83. The van der Waals surface area contributed by atoms with E-state index in [1.54, 1.807) is 6.20 Å². The number of carbonyl (C=O) groups is 1. The third-order valence-electron chi connectivity index (χ3n) is 5.98. The Morgan fingerprint density at radius 3 is 2.62 bits per heavy atom. The average Bonchev–Trinajstić information content (AvgIpc) is 3.24. The van der Waals surface area contributed by atoms with Crippen molar-refractivity contribution in [1.29, 1.82) is 0 Å². The Labute approximate surface area is 125 Å². The van der Waals surface area contributed by atoms with E-state index in [0.717, 1.165) is 31.8 Å². The topological polar surface area (TPSA) is 75.0 Å². The minimum atomic E-state index is 0.101. The number of nitrogens with two attached hydrogens (primary N) is 1. The van der Waals surface area contributed by atoms with Gasteiger partial charge in [-0.2, -0.15) is 0 Å². The summed E-state index contributed by atoms with van der Waals surface area (Å²) in [6.45, 7) is 1.70. The van der Waals surface area contributed by atoms with Crippen LogP contribution in [0.15, 0.2) is 12.4 Å². The highest BCUT2D eigenvalue weighted by molar-refractivity contribution is 5.80. The van der Waals surface area contributed by atoms with E-state index in [1.807, 2.05) is 6.20 Å². The second-order valence-corrected chi connectivity index (χ2v) is 7.01. The first-order valence-electron chi connectivity index (χ1n) is 8.27. The molecule has 5 nitrogen and oxygen atoms in total. The van der Waals surface area contributed by atoms with E-state index < -0.39 is 0 Å². The van der Waals surface area contributed by atoms with Gasteiger partial charge in [0, 0.05) is 37.4 Å². The van der Waals surface area contributed by atoms with Crippen LogP contribution in [0.5, 0.6) is 0 Å². The Kier molecular flexibility index (Phi) is 3.25. The van der Waals surface area contributed by atoms with Crippen LogP contribution in [0.3, 0.4) is 0 Å². The fraction of sp³-hybridized carbons (Fsp3) is 0.750. The van der Waals surface area contributed by atoms with Gasteiger partial charge in [0.15, 0.2) is 0 Å². The smallest absolute Gasteiger partial charge is 0.227 e. The van der Waals surface area contributed by atoms with Gasteiger partial charge in [-0.1, -0.05) is 0 Å². The van der Waals surface area contributed by atoms with Crippen LogP contribution in [-0.2, 0) is 4.79 Å². The maximum atomic E-state index is 12.8. The molecule has 2 heterocycles. The fourth-order valence-corrected chi connectivity index (χ4v) is 4.79. The zero-order valence-electron chi connectivity index (χ0n) is 12.4. The van der Waals surface area contributed by atoms with E-state index in [-0.39, 0.29) is 12.0 Å². The molecule has 114 valence electrons. The van der Waals surface area contributed by atoms with Crippen LogP contribution in [-0.4, -0.2) is 39.9 Å². The molecule has 2 aliphatic carbocycles. The van der Waals surface area contributed by atoms with E-state index in [1.165, 1.54) is 19.3 Å². The molecular weight excluding hydrogens is 264 g/mol. The fourth-order valence-electron chi connectivity index (χ4n) is 4.79. The van der Waals surface area contributed by atoms with Gasteiger partial charge < -0.3 is 15.6 Å². The predicted molar refractivity (Wildman–Crippen MR) is 79.4 cm³/mol.